The molecule has 0 atom stereocenters. The summed E-state index contributed by atoms with van der Waals surface area (Å²) in [5.41, 5.74) is 1.45. The van der Waals surface area contributed by atoms with Crippen LogP contribution in [0.15, 0.2) is 42.7 Å². The number of rotatable bonds is 8. The number of halogens is 2. The average molecular weight is 361 g/mol. The molecule has 0 bridgehead atoms. The van der Waals surface area contributed by atoms with Gasteiger partial charge in [0.2, 0.25) is 0 Å². The van der Waals surface area contributed by atoms with Gasteiger partial charge >= 0.3 is 0 Å². The van der Waals surface area contributed by atoms with Gasteiger partial charge in [0.1, 0.15) is 11.6 Å². The van der Waals surface area contributed by atoms with Gasteiger partial charge in [-0.05, 0) is 42.8 Å². The van der Waals surface area contributed by atoms with E-state index in [0.717, 1.165) is 57.4 Å². The van der Waals surface area contributed by atoms with Gasteiger partial charge in [0, 0.05) is 50.7 Å². The first kappa shape index (κ1) is 18.9. The van der Waals surface area contributed by atoms with E-state index in [1.807, 2.05) is 18.3 Å². The molecule has 1 aromatic carbocycles. The molecule has 1 aliphatic heterocycles. The molecule has 1 aromatic heterocycles. The average Bonchev–Trinajstić information content (AvgIpc) is 2.66. The minimum Gasteiger partial charge on any atom is -0.379 e. The quantitative estimate of drug-likeness (QED) is 0.722. The van der Waals surface area contributed by atoms with Crippen LogP contribution in [0.5, 0.6) is 0 Å². The van der Waals surface area contributed by atoms with Crippen LogP contribution in [0.4, 0.5) is 8.78 Å². The van der Waals surface area contributed by atoms with E-state index >= 15 is 0 Å². The maximum atomic E-state index is 14.1. The van der Waals surface area contributed by atoms with Crippen LogP contribution in [0.3, 0.4) is 0 Å². The Bertz CT molecular complexity index is 678. The van der Waals surface area contributed by atoms with Gasteiger partial charge in [0.15, 0.2) is 0 Å². The van der Waals surface area contributed by atoms with Crippen LogP contribution in [-0.4, -0.2) is 54.2 Å². The second-order valence-corrected chi connectivity index (χ2v) is 6.62. The summed E-state index contributed by atoms with van der Waals surface area (Å²) in [4.78, 5) is 8.68. The number of pyridine rings is 1. The molecule has 0 unspecified atom stereocenters. The lowest BCUT2D eigenvalue weighted by molar-refractivity contribution is 0.0358. The van der Waals surface area contributed by atoms with Crippen molar-refractivity contribution in [3.8, 4) is 0 Å². The van der Waals surface area contributed by atoms with Crippen LogP contribution in [0.1, 0.15) is 17.5 Å². The predicted molar refractivity (Wildman–Crippen MR) is 96.6 cm³/mol. The molecule has 0 radical (unpaired) electrons. The lowest BCUT2D eigenvalue weighted by atomic mass is 10.1. The number of benzene rings is 1. The number of aromatic nitrogens is 1. The smallest absolute Gasteiger partial charge is 0.127 e. The number of nitrogens with zero attached hydrogens (tertiary/aromatic N) is 3. The first-order chi connectivity index (χ1) is 12.7. The zero-order valence-corrected chi connectivity index (χ0v) is 14.9. The highest BCUT2D eigenvalue weighted by atomic mass is 19.1. The molecule has 3 rings (SSSR count). The van der Waals surface area contributed by atoms with Crippen molar-refractivity contribution in [3.63, 3.8) is 0 Å². The molecule has 1 saturated heterocycles. The van der Waals surface area contributed by atoms with Crippen molar-refractivity contribution in [1.29, 1.82) is 0 Å². The van der Waals surface area contributed by atoms with E-state index in [1.54, 1.807) is 6.20 Å². The first-order valence-electron chi connectivity index (χ1n) is 9.06. The molecule has 0 spiro atoms. The third-order valence-electron chi connectivity index (χ3n) is 4.58. The monoisotopic (exact) mass is 361 g/mol. The Kier molecular flexibility index (Phi) is 7.05. The Hall–Kier alpha value is -1.89. The largest absolute Gasteiger partial charge is 0.379 e. The highest BCUT2D eigenvalue weighted by molar-refractivity contribution is 5.19. The Balaban J connectivity index is 1.61. The van der Waals surface area contributed by atoms with Gasteiger partial charge in [-0.2, -0.15) is 0 Å². The summed E-state index contributed by atoms with van der Waals surface area (Å²) in [6.45, 7) is 6.32. The summed E-state index contributed by atoms with van der Waals surface area (Å²) in [6.07, 6.45) is 4.52. The lowest BCUT2D eigenvalue weighted by Gasteiger charge is -2.28. The Morgan fingerprint density at radius 1 is 1.12 bits per heavy atom. The van der Waals surface area contributed by atoms with E-state index in [1.165, 1.54) is 12.1 Å². The normalized spacial score (nSPS) is 15.5. The topological polar surface area (TPSA) is 28.6 Å². The number of hydrogen-bond donors (Lipinski definition) is 0. The van der Waals surface area contributed by atoms with Crippen molar-refractivity contribution in [2.75, 3.05) is 39.4 Å². The fourth-order valence-electron chi connectivity index (χ4n) is 3.21. The molecule has 0 amide bonds. The second-order valence-electron chi connectivity index (χ2n) is 6.62. The van der Waals surface area contributed by atoms with E-state index in [4.69, 9.17) is 4.74 Å². The summed E-state index contributed by atoms with van der Waals surface area (Å²) in [5.74, 6) is -0.771. The standard InChI is InChI=1S/C20H25F2N3O/c21-19-4-5-20(22)18(13-19)16-25(15-17-3-1-6-23-14-17)8-2-7-24-9-11-26-12-10-24/h1,3-6,13-14H,2,7-12,15-16H2. The van der Waals surface area contributed by atoms with Crippen LogP contribution >= 0.6 is 0 Å². The van der Waals surface area contributed by atoms with E-state index in [0.29, 0.717) is 18.7 Å². The zero-order chi connectivity index (χ0) is 18.2. The van der Waals surface area contributed by atoms with E-state index in [-0.39, 0.29) is 5.82 Å². The van der Waals surface area contributed by atoms with Gasteiger partial charge in [0.25, 0.3) is 0 Å². The third kappa shape index (κ3) is 5.83. The number of morpholine rings is 1. The molecule has 0 N–H and O–H groups in total. The van der Waals surface area contributed by atoms with Gasteiger partial charge in [0.05, 0.1) is 13.2 Å². The molecule has 26 heavy (non-hydrogen) atoms. The van der Waals surface area contributed by atoms with Gasteiger partial charge in [-0.3, -0.25) is 14.8 Å². The van der Waals surface area contributed by atoms with Gasteiger partial charge in [-0.25, -0.2) is 8.78 Å². The number of ether oxygens (including phenoxy) is 1. The van der Waals surface area contributed by atoms with Crippen molar-refractivity contribution >= 4 is 0 Å². The van der Waals surface area contributed by atoms with Crippen LogP contribution in [0.25, 0.3) is 0 Å². The Labute approximate surface area is 153 Å². The van der Waals surface area contributed by atoms with E-state index < -0.39 is 5.82 Å². The van der Waals surface area contributed by atoms with Crippen molar-refractivity contribution in [2.24, 2.45) is 0 Å². The van der Waals surface area contributed by atoms with Crippen molar-refractivity contribution in [2.45, 2.75) is 19.5 Å². The molecule has 2 heterocycles. The highest BCUT2D eigenvalue weighted by Gasteiger charge is 2.14. The van der Waals surface area contributed by atoms with Crippen LogP contribution in [-0.2, 0) is 17.8 Å². The Morgan fingerprint density at radius 3 is 2.73 bits per heavy atom. The summed E-state index contributed by atoms with van der Waals surface area (Å²) in [7, 11) is 0. The molecule has 4 nitrogen and oxygen atoms in total. The van der Waals surface area contributed by atoms with Crippen molar-refractivity contribution in [1.82, 2.24) is 14.8 Å². The fourth-order valence-corrected chi connectivity index (χ4v) is 3.21. The predicted octanol–water partition coefficient (Wildman–Crippen LogP) is 3.08. The molecule has 2 aromatic rings. The number of hydrogen-bond acceptors (Lipinski definition) is 4. The van der Waals surface area contributed by atoms with Gasteiger partial charge in [-0.15, -0.1) is 0 Å². The molecule has 6 heteroatoms. The van der Waals surface area contributed by atoms with Gasteiger partial charge in [-0.1, -0.05) is 6.07 Å². The summed E-state index contributed by atoms with van der Waals surface area (Å²) in [5, 5.41) is 0. The fraction of sp³-hybridized carbons (Fsp3) is 0.450. The van der Waals surface area contributed by atoms with E-state index in [9.17, 15) is 8.78 Å². The third-order valence-corrected chi connectivity index (χ3v) is 4.58. The highest BCUT2D eigenvalue weighted by Crippen LogP contribution is 2.15. The van der Waals surface area contributed by atoms with E-state index in [2.05, 4.69) is 14.8 Å². The maximum absolute atomic E-state index is 14.1. The maximum Gasteiger partial charge on any atom is 0.127 e. The van der Waals surface area contributed by atoms with Crippen LogP contribution < -0.4 is 0 Å². The minimum absolute atomic E-state index is 0.365. The molecule has 140 valence electrons. The summed E-state index contributed by atoms with van der Waals surface area (Å²) in [6, 6.07) is 7.53. The van der Waals surface area contributed by atoms with Crippen LogP contribution in [0, 0.1) is 11.6 Å². The molecule has 0 aliphatic carbocycles. The summed E-state index contributed by atoms with van der Waals surface area (Å²) >= 11 is 0. The van der Waals surface area contributed by atoms with Crippen LogP contribution in [0.2, 0.25) is 0 Å². The van der Waals surface area contributed by atoms with Crippen molar-refractivity contribution < 1.29 is 13.5 Å². The van der Waals surface area contributed by atoms with Crippen molar-refractivity contribution in [3.05, 3.63) is 65.5 Å². The minimum atomic E-state index is -0.406. The SMILES string of the molecule is Fc1ccc(F)c(CN(CCCN2CCOCC2)Cc2cccnc2)c1. The second kappa shape index (κ2) is 9.71. The lowest BCUT2D eigenvalue weighted by Crippen LogP contribution is -2.38. The molecule has 1 aliphatic rings. The van der Waals surface area contributed by atoms with Gasteiger partial charge < -0.3 is 4.74 Å². The molecular weight excluding hydrogens is 336 g/mol. The molecular formula is C20H25F2N3O. The molecule has 1 fully saturated rings. The zero-order valence-electron chi connectivity index (χ0n) is 14.9. The summed E-state index contributed by atoms with van der Waals surface area (Å²) < 4.78 is 32.9. The first-order valence-corrected chi connectivity index (χ1v) is 9.06. The molecule has 0 saturated carbocycles. The Morgan fingerprint density at radius 2 is 1.96 bits per heavy atom.